The maximum Gasteiger partial charge on any atom is 0.453 e. The molecule has 9 heteroatoms. The van der Waals surface area contributed by atoms with Gasteiger partial charge in [-0.05, 0) is 91.8 Å². The van der Waals surface area contributed by atoms with Crippen molar-refractivity contribution in [2.75, 3.05) is 6.54 Å². The zero-order valence-electron chi connectivity index (χ0n) is 27.0. The normalized spacial score (nSPS) is 35.6. The molecule has 8 atom stereocenters. The molecule has 4 aliphatic rings. The Kier molecular flexibility index (Phi) is 11.9. The number of aliphatic hydroxyl groups excluding tert-OH is 1. The number of aliphatic hydroxyl groups is 1. The highest BCUT2D eigenvalue weighted by atomic mass is 19.4. The first-order valence-electron chi connectivity index (χ1n) is 17.6. The number of unbranched alkanes of at least 4 members (excludes halogenated alkanes) is 7. The van der Waals surface area contributed by atoms with Crippen molar-refractivity contribution < 1.29 is 36.6 Å². The lowest BCUT2D eigenvalue weighted by molar-refractivity contribution is -0.284. The summed E-state index contributed by atoms with van der Waals surface area (Å²) in [6.45, 7) is 5.29. The van der Waals surface area contributed by atoms with E-state index in [1.54, 1.807) is 0 Å². The van der Waals surface area contributed by atoms with Crippen molar-refractivity contribution in [3.8, 4) is 0 Å². The van der Waals surface area contributed by atoms with Crippen molar-refractivity contribution in [2.45, 2.75) is 160 Å². The van der Waals surface area contributed by atoms with E-state index in [0.29, 0.717) is 41.9 Å². The highest BCUT2D eigenvalue weighted by Gasteiger charge is 2.62. The molecule has 4 nitrogen and oxygen atoms in total. The molecule has 4 saturated carbocycles. The molecule has 0 aromatic heterocycles. The summed E-state index contributed by atoms with van der Waals surface area (Å²) in [6, 6.07) is 0. The molecule has 1 amide bonds. The molecule has 4 fully saturated rings. The molecule has 4 rings (SSSR count). The SMILES string of the molecule is C[C@]12CCC(=O)C[C@@H]1CC[C@@H]1[C@@H]2[C@@H](CCCCCCCCCCNC(=O)CCCC(F)(F)C(F)(F)F)C[C@]2(C)[C@@H](O)CC[C@@H]12. The van der Waals surface area contributed by atoms with Gasteiger partial charge in [-0.15, -0.1) is 0 Å². The highest BCUT2D eigenvalue weighted by Crippen LogP contribution is 2.68. The molecule has 0 heterocycles. The van der Waals surface area contributed by atoms with Gasteiger partial charge in [0, 0.05) is 32.2 Å². The molecule has 0 unspecified atom stereocenters. The average Bonchev–Trinajstić information content (AvgIpc) is 3.24. The average molecular weight is 634 g/mol. The van der Waals surface area contributed by atoms with Gasteiger partial charge in [0.05, 0.1) is 6.10 Å². The minimum Gasteiger partial charge on any atom is -0.393 e. The van der Waals surface area contributed by atoms with Crippen LogP contribution in [0.15, 0.2) is 0 Å². The molecular formula is C35H56F5NO3. The van der Waals surface area contributed by atoms with Gasteiger partial charge in [-0.3, -0.25) is 9.59 Å². The summed E-state index contributed by atoms with van der Waals surface area (Å²) < 4.78 is 62.4. The number of Topliss-reactive ketones (excluding diaryl/α,β-unsaturated/α-hetero) is 1. The number of halogens is 5. The monoisotopic (exact) mass is 633 g/mol. The van der Waals surface area contributed by atoms with Crippen LogP contribution in [0.2, 0.25) is 0 Å². The van der Waals surface area contributed by atoms with E-state index in [9.17, 15) is 36.6 Å². The molecule has 2 N–H and O–H groups in total. The Morgan fingerprint density at radius 1 is 0.886 bits per heavy atom. The van der Waals surface area contributed by atoms with E-state index in [1.165, 1.54) is 38.5 Å². The van der Waals surface area contributed by atoms with Gasteiger partial charge in [0.15, 0.2) is 0 Å². The van der Waals surface area contributed by atoms with Crippen LogP contribution in [0.4, 0.5) is 22.0 Å². The van der Waals surface area contributed by atoms with Crippen molar-refractivity contribution >= 4 is 11.7 Å². The number of ketones is 1. The van der Waals surface area contributed by atoms with E-state index in [1.807, 2.05) is 0 Å². The van der Waals surface area contributed by atoms with Crippen molar-refractivity contribution in [3.63, 3.8) is 0 Å². The second-order valence-corrected chi connectivity index (χ2v) is 15.4. The van der Waals surface area contributed by atoms with Gasteiger partial charge in [-0.2, -0.15) is 22.0 Å². The summed E-state index contributed by atoms with van der Waals surface area (Å²) in [7, 11) is 0. The quantitative estimate of drug-likeness (QED) is 0.140. The Labute approximate surface area is 261 Å². The van der Waals surface area contributed by atoms with E-state index in [4.69, 9.17) is 0 Å². The van der Waals surface area contributed by atoms with Crippen molar-refractivity contribution in [1.29, 1.82) is 0 Å². The molecule has 254 valence electrons. The molecular weight excluding hydrogens is 577 g/mol. The van der Waals surface area contributed by atoms with Crippen molar-refractivity contribution in [2.24, 2.45) is 40.4 Å². The van der Waals surface area contributed by atoms with Crippen molar-refractivity contribution in [3.05, 3.63) is 0 Å². The number of carbonyl (C=O) groups excluding carboxylic acids is 2. The Hall–Kier alpha value is -1.25. The van der Waals surface area contributed by atoms with E-state index in [-0.39, 0.29) is 23.4 Å². The lowest BCUT2D eigenvalue weighted by Gasteiger charge is -2.62. The summed E-state index contributed by atoms with van der Waals surface area (Å²) in [5, 5.41) is 13.7. The molecule has 0 radical (unpaired) electrons. The van der Waals surface area contributed by atoms with Crippen LogP contribution in [0.1, 0.15) is 142 Å². The second kappa shape index (κ2) is 14.7. The van der Waals surface area contributed by atoms with Crippen LogP contribution >= 0.6 is 0 Å². The van der Waals surface area contributed by atoms with Crippen LogP contribution in [0.5, 0.6) is 0 Å². The van der Waals surface area contributed by atoms with Crippen LogP contribution in [0.3, 0.4) is 0 Å². The van der Waals surface area contributed by atoms with Gasteiger partial charge < -0.3 is 10.4 Å². The number of rotatable bonds is 15. The molecule has 0 bridgehead atoms. The molecule has 0 aromatic carbocycles. The number of hydrogen-bond donors (Lipinski definition) is 2. The molecule has 4 aliphatic carbocycles. The fourth-order valence-corrected chi connectivity index (χ4v) is 10.2. The molecule has 0 spiro atoms. The van der Waals surface area contributed by atoms with Crippen LogP contribution in [0.25, 0.3) is 0 Å². The molecule has 44 heavy (non-hydrogen) atoms. The van der Waals surface area contributed by atoms with E-state index < -0.39 is 30.8 Å². The van der Waals surface area contributed by atoms with E-state index >= 15 is 0 Å². The summed E-state index contributed by atoms with van der Waals surface area (Å²) in [6.07, 6.45) is 10.1. The summed E-state index contributed by atoms with van der Waals surface area (Å²) in [5.41, 5.74) is 0.304. The van der Waals surface area contributed by atoms with Crippen molar-refractivity contribution in [1.82, 2.24) is 5.32 Å². The third-order valence-corrected chi connectivity index (χ3v) is 12.6. The zero-order chi connectivity index (χ0) is 32.2. The van der Waals surface area contributed by atoms with Gasteiger partial charge in [-0.1, -0.05) is 65.2 Å². The Morgan fingerprint density at radius 3 is 2.23 bits per heavy atom. The smallest absolute Gasteiger partial charge is 0.393 e. The summed E-state index contributed by atoms with van der Waals surface area (Å²) in [5.74, 6) is -1.61. The Balaban J connectivity index is 1.11. The fraction of sp³-hybridized carbons (Fsp3) is 0.943. The van der Waals surface area contributed by atoms with E-state index in [0.717, 1.165) is 70.6 Å². The van der Waals surface area contributed by atoms with Gasteiger partial charge in [0.2, 0.25) is 5.91 Å². The number of amides is 1. The number of nitrogens with one attached hydrogen (secondary N) is 1. The number of hydrogen-bond acceptors (Lipinski definition) is 3. The van der Waals surface area contributed by atoms with E-state index in [2.05, 4.69) is 19.2 Å². The minimum atomic E-state index is -5.57. The number of fused-ring (bicyclic) bond motifs is 5. The van der Waals surface area contributed by atoms with Crippen LogP contribution in [0, 0.1) is 40.4 Å². The first-order valence-corrected chi connectivity index (χ1v) is 17.6. The molecule has 0 saturated heterocycles. The lowest BCUT2D eigenvalue weighted by atomic mass is 9.42. The first-order chi connectivity index (χ1) is 20.7. The van der Waals surface area contributed by atoms with Crippen LogP contribution in [-0.4, -0.2) is 41.5 Å². The van der Waals surface area contributed by atoms with Gasteiger partial charge in [0.1, 0.15) is 5.78 Å². The largest absolute Gasteiger partial charge is 0.453 e. The third kappa shape index (κ3) is 7.99. The summed E-state index contributed by atoms with van der Waals surface area (Å²) >= 11 is 0. The second-order valence-electron chi connectivity index (χ2n) is 15.4. The molecule has 0 aromatic rings. The zero-order valence-corrected chi connectivity index (χ0v) is 27.0. The lowest BCUT2D eigenvalue weighted by Crippen LogP contribution is -2.57. The topological polar surface area (TPSA) is 66.4 Å². The highest BCUT2D eigenvalue weighted by molar-refractivity contribution is 5.79. The van der Waals surface area contributed by atoms with Gasteiger partial charge >= 0.3 is 12.1 Å². The van der Waals surface area contributed by atoms with Gasteiger partial charge in [0.25, 0.3) is 0 Å². The standard InChI is InChI=1S/C35H56F5NO3/c1-32-20-18-26(42)22-25(32)14-15-27-28-16-17-29(43)33(28,2)23-24(31(27)32)12-9-7-5-3-4-6-8-10-21-41-30(44)13-11-19-34(36,37)35(38,39)40/h24-25,27-29,31,43H,3-23H2,1-2H3,(H,41,44)/t24-,25-,27-,28-,29-,31-,32-,33-/m0/s1. The number of alkyl halides is 5. The molecule has 0 aliphatic heterocycles. The maximum absolute atomic E-state index is 12.9. The fourth-order valence-electron chi connectivity index (χ4n) is 10.2. The first kappa shape index (κ1) is 35.6. The minimum absolute atomic E-state index is 0.0424. The Morgan fingerprint density at radius 2 is 1.55 bits per heavy atom. The van der Waals surface area contributed by atoms with Crippen LogP contribution in [-0.2, 0) is 9.59 Å². The third-order valence-electron chi connectivity index (χ3n) is 12.6. The van der Waals surface area contributed by atoms with Crippen LogP contribution < -0.4 is 5.32 Å². The summed E-state index contributed by atoms with van der Waals surface area (Å²) in [4.78, 5) is 24.1. The maximum atomic E-state index is 12.9. The van der Waals surface area contributed by atoms with Gasteiger partial charge in [-0.25, -0.2) is 0 Å². The predicted octanol–water partition coefficient (Wildman–Crippen LogP) is 9.18. The number of carbonyl (C=O) groups is 2. The predicted molar refractivity (Wildman–Crippen MR) is 161 cm³/mol. The Bertz CT molecular complexity index is 973.